The van der Waals surface area contributed by atoms with Gasteiger partial charge >= 0.3 is 0 Å². The maximum Gasteiger partial charge on any atom is 0.295 e. The van der Waals surface area contributed by atoms with E-state index < -0.39 is 17.7 Å². The first kappa shape index (κ1) is 21.3. The van der Waals surface area contributed by atoms with Gasteiger partial charge in [-0.25, -0.2) is 4.98 Å². The van der Waals surface area contributed by atoms with E-state index in [0.29, 0.717) is 35.7 Å². The minimum Gasteiger partial charge on any atom is -0.507 e. The van der Waals surface area contributed by atoms with Crippen molar-refractivity contribution >= 4 is 45.0 Å². The average Bonchev–Trinajstić information content (AvgIpc) is 3.37. The van der Waals surface area contributed by atoms with E-state index in [1.54, 1.807) is 61.1 Å². The number of halogens is 2. The van der Waals surface area contributed by atoms with Gasteiger partial charge in [0.05, 0.1) is 17.9 Å². The van der Waals surface area contributed by atoms with Crippen molar-refractivity contribution in [2.24, 2.45) is 0 Å². The molecule has 1 fully saturated rings. The number of rotatable bonds is 6. The van der Waals surface area contributed by atoms with Crippen LogP contribution in [0.3, 0.4) is 0 Å². The van der Waals surface area contributed by atoms with Crippen LogP contribution in [0, 0.1) is 0 Å². The number of likely N-dealkylation sites (tertiary alicyclic amines) is 1. The number of carbonyl (C=O) groups is 2. The normalized spacial score (nSPS) is 18.0. The average molecular weight is 501 g/mol. The Morgan fingerprint density at radius 2 is 1.77 bits per heavy atom. The lowest BCUT2D eigenvalue weighted by Gasteiger charge is -2.25. The predicted molar refractivity (Wildman–Crippen MR) is 121 cm³/mol. The molecule has 0 aliphatic carbocycles. The minimum absolute atomic E-state index is 0.0808. The molecule has 1 N–H and O–H groups in total. The predicted octanol–water partition coefficient (Wildman–Crippen LogP) is 4.81. The van der Waals surface area contributed by atoms with Gasteiger partial charge in [-0.3, -0.25) is 9.59 Å². The molecule has 1 saturated heterocycles. The molecule has 31 heavy (non-hydrogen) atoms. The van der Waals surface area contributed by atoms with Gasteiger partial charge in [-0.1, -0.05) is 51.8 Å². The van der Waals surface area contributed by atoms with Crippen LogP contribution in [-0.4, -0.2) is 37.8 Å². The van der Waals surface area contributed by atoms with Crippen molar-refractivity contribution in [2.45, 2.75) is 19.0 Å². The van der Waals surface area contributed by atoms with Gasteiger partial charge in [-0.15, -0.1) is 0 Å². The molecule has 0 saturated carbocycles. The smallest absolute Gasteiger partial charge is 0.295 e. The maximum atomic E-state index is 13.0. The van der Waals surface area contributed by atoms with Crippen molar-refractivity contribution in [1.29, 1.82) is 0 Å². The fourth-order valence-corrected chi connectivity index (χ4v) is 4.10. The lowest BCUT2D eigenvalue weighted by molar-refractivity contribution is -0.139. The van der Waals surface area contributed by atoms with Crippen LogP contribution in [-0.2, 0) is 16.1 Å². The monoisotopic (exact) mass is 499 g/mol. The summed E-state index contributed by atoms with van der Waals surface area (Å²) in [6, 6.07) is 13.2. The van der Waals surface area contributed by atoms with Gasteiger partial charge in [0.25, 0.3) is 11.7 Å². The summed E-state index contributed by atoms with van der Waals surface area (Å²) in [6.07, 6.45) is 5.88. The highest BCUT2D eigenvalue weighted by atomic mass is 79.9. The second-order valence-corrected chi connectivity index (χ2v) is 8.56. The fourth-order valence-electron chi connectivity index (χ4n) is 3.71. The number of aliphatic hydroxyl groups is 1. The minimum atomic E-state index is -0.692. The number of amides is 1. The molecule has 1 atom stereocenters. The lowest BCUT2D eigenvalue weighted by Crippen LogP contribution is -2.31. The number of benzene rings is 2. The van der Waals surface area contributed by atoms with Gasteiger partial charge < -0.3 is 14.6 Å². The molecule has 1 aliphatic rings. The Kier molecular flexibility index (Phi) is 6.25. The van der Waals surface area contributed by atoms with Crippen LogP contribution in [0.4, 0.5) is 0 Å². The number of nitrogens with zero attached hydrogens (tertiary/aromatic N) is 3. The molecule has 8 heteroatoms. The van der Waals surface area contributed by atoms with Crippen molar-refractivity contribution < 1.29 is 14.7 Å². The SMILES string of the molecule is O=C1C(=O)N(CCCn2ccnc2)C(c2ccc(Cl)cc2)/C1=C(\O)c1ccc(Br)cc1. The molecule has 0 radical (unpaired) electrons. The molecular formula is C23H19BrClN3O3. The summed E-state index contributed by atoms with van der Waals surface area (Å²) in [5.74, 6) is -1.50. The van der Waals surface area contributed by atoms with Gasteiger partial charge in [-0.2, -0.15) is 0 Å². The van der Waals surface area contributed by atoms with E-state index in [1.165, 1.54) is 4.90 Å². The van der Waals surface area contributed by atoms with Crippen LogP contribution in [0.1, 0.15) is 23.6 Å². The molecule has 1 aromatic heterocycles. The molecule has 1 unspecified atom stereocenters. The summed E-state index contributed by atoms with van der Waals surface area (Å²) in [4.78, 5) is 31.4. The first-order valence-corrected chi connectivity index (χ1v) is 10.9. The Balaban J connectivity index is 1.72. The number of imidazole rings is 1. The van der Waals surface area contributed by atoms with Crippen LogP contribution in [0.25, 0.3) is 5.76 Å². The summed E-state index contributed by atoms with van der Waals surface area (Å²) >= 11 is 9.40. The highest BCUT2D eigenvalue weighted by Gasteiger charge is 2.45. The Morgan fingerprint density at radius 3 is 2.42 bits per heavy atom. The third-order valence-electron chi connectivity index (χ3n) is 5.22. The third kappa shape index (κ3) is 4.43. The number of aromatic nitrogens is 2. The first-order valence-electron chi connectivity index (χ1n) is 9.71. The molecule has 6 nitrogen and oxygen atoms in total. The van der Waals surface area contributed by atoms with Crippen molar-refractivity contribution in [3.63, 3.8) is 0 Å². The van der Waals surface area contributed by atoms with Crippen molar-refractivity contribution in [2.75, 3.05) is 6.54 Å². The topological polar surface area (TPSA) is 75.4 Å². The zero-order valence-electron chi connectivity index (χ0n) is 16.4. The third-order valence-corrected chi connectivity index (χ3v) is 6.00. The number of aryl methyl sites for hydroxylation is 1. The van der Waals surface area contributed by atoms with E-state index in [-0.39, 0.29) is 11.3 Å². The largest absolute Gasteiger partial charge is 0.507 e. The highest BCUT2D eigenvalue weighted by molar-refractivity contribution is 9.10. The van der Waals surface area contributed by atoms with E-state index >= 15 is 0 Å². The van der Waals surface area contributed by atoms with Crippen LogP contribution < -0.4 is 0 Å². The molecule has 3 aromatic rings. The van der Waals surface area contributed by atoms with Crippen molar-refractivity contribution in [3.8, 4) is 0 Å². The molecule has 4 rings (SSSR count). The Morgan fingerprint density at radius 1 is 1.06 bits per heavy atom. The zero-order chi connectivity index (χ0) is 22.0. The number of Topliss-reactive ketones (excluding diaryl/α,β-unsaturated/α-hetero) is 1. The number of hydrogen-bond donors (Lipinski definition) is 1. The lowest BCUT2D eigenvalue weighted by atomic mass is 9.95. The Bertz CT molecular complexity index is 1130. The van der Waals surface area contributed by atoms with Crippen LogP contribution >= 0.6 is 27.5 Å². The van der Waals surface area contributed by atoms with Gasteiger partial charge in [0.2, 0.25) is 0 Å². The zero-order valence-corrected chi connectivity index (χ0v) is 18.8. The number of ketones is 1. The molecule has 2 heterocycles. The van der Waals surface area contributed by atoms with Gasteiger partial charge in [-0.05, 0) is 36.2 Å². The van der Waals surface area contributed by atoms with Crippen LogP contribution in [0.2, 0.25) is 5.02 Å². The highest BCUT2D eigenvalue weighted by Crippen LogP contribution is 2.39. The molecule has 1 amide bonds. The summed E-state index contributed by atoms with van der Waals surface area (Å²) in [5.41, 5.74) is 1.26. The van der Waals surface area contributed by atoms with Gasteiger partial charge in [0.15, 0.2) is 0 Å². The molecule has 158 valence electrons. The quantitative estimate of drug-likeness (QED) is 0.299. The van der Waals surface area contributed by atoms with E-state index in [0.717, 1.165) is 4.47 Å². The molecular weight excluding hydrogens is 482 g/mol. The van der Waals surface area contributed by atoms with Crippen LogP contribution in [0.15, 0.2) is 77.3 Å². The van der Waals surface area contributed by atoms with Gasteiger partial charge in [0, 0.05) is 40.5 Å². The second-order valence-electron chi connectivity index (χ2n) is 7.20. The van der Waals surface area contributed by atoms with E-state index in [2.05, 4.69) is 20.9 Å². The second kappa shape index (κ2) is 9.08. The fraction of sp³-hybridized carbons (Fsp3) is 0.174. The summed E-state index contributed by atoms with van der Waals surface area (Å²) in [6.45, 7) is 1.01. The van der Waals surface area contributed by atoms with E-state index in [9.17, 15) is 14.7 Å². The molecule has 2 aromatic carbocycles. The number of carbonyl (C=O) groups excluding carboxylic acids is 2. The van der Waals surface area contributed by atoms with Gasteiger partial charge in [0.1, 0.15) is 5.76 Å². The van der Waals surface area contributed by atoms with Crippen LogP contribution in [0.5, 0.6) is 0 Å². The van der Waals surface area contributed by atoms with Crippen molar-refractivity contribution in [1.82, 2.24) is 14.5 Å². The molecule has 0 bridgehead atoms. The summed E-state index contributed by atoms with van der Waals surface area (Å²) in [5, 5.41) is 11.6. The number of aliphatic hydroxyl groups excluding tert-OH is 1. The van der Waals surface area contributed by atoms with E-state index in [1.807, 2.05) is 10.8 Å². The maximum absolute atomic E-state index is 13.0. The van der Waals surface area contributed by atoms with E-state index in [4.69, 9.17) is 11.6 Å². The first-order chi connectivity index (χ1) is 15.0. The summed E-state index contributed by atoms with van der Waals surface area (Å²) in [7, 11) is 0. The standard InChI is InChI=1S/C23H19BrClN3O3/c24-17-6-2-16(3-7-17)21(29)19-20(15-4-8-18(25)9-5-15)28(23(31)22(19)30)12-1-11-27-13-10-26-14-27/h2-10,13-14,20,29H,1,11-12H2/b21-19+. The number of hydrogen-bond acceptors (Lipinski definition) is 4. The molecule has 0 spiro atoms. The van der Waals surface area contributed by atoms with Crippen molar-refractivity contribution in [3.05, 3.63) is 93.4 Å². The molecule has 1 aliphatic heterocycles. The Hall–Kier alpha value is -2.90. The Labute approximate surface area is 192 Å². The summed E-state index contributed by atoms with van der Waals surface area (Å²) < 4.78 is 2.76.